The average Bonchev–Trinajstić information content (AvgIpc) is 3.18. The highest BCUT2D eigenvalue weighted by Gasteiger charge is 2.12. The van der Waals surface area contributed by atoms with Gasteiger partial charge in [-0.05, 0) is 41.5 Å². The van der Waals surface area contributed by atoms with Crippen molar-refractivity contribution >= 4 is 22.6 Å². The number of hydrogen-bond acceptors (Lipinski definition) is 3. The number of anilines is 1. The summed E-state index contributed by atoms with van der Waals surface area (Å²) >= 11 is 0. The fourth-order valence-electron chi connectivity index (χ4n) is 3.27. The van der Waals surface area contributed by atoms with E-state index >= 15 is 0 Å². The maximum Gasteiger partial charge on any atom is 0.250 e. The minimum atomic E-state index is -0.172. The molecule has 0 aliphatic heterocycles. The molecule has 6 heteroatoms. The fourth-order valence-corrected chi connectivity index (χ4v) is 3.27. The van der Waals surface area contributed by atoms with Crippen molar-refractivity contribution in [2.75, 3.05) is 11.9 Å². The second-order valence-corrected chi connectivity index (χ2v) is 6.84. The molecule has 0 aliphatic rings. The SMILES string of the molecule is C=CC(=O)N(C)c1cccc(-c2cnc3[nH]cc(-c4ccn(C)c(=O)c4)c3c2)c1. The Hall–Kier alpha value is -3.93. The summed E-state index contributed by atoms with van der Waals surface area (Å²) in [6, 6.07) is 13.3. The van der Waals surface area contributed by atoms with Gasteiger partial charge in [-0.1, -0.05) is 18.7 Å². The van der Waals surface area contributed by atoms with E-state index in [9.17, 15) is 9.59 Å². The molecule has 0 aliphatic carbocycles. The van der Waals surface area contributed by atoms with Crippen LogP contribution in [0.3, 0.4) is 0 Å². The number of benzene rings is 1. The molecule has 0 atom stereocenters. The monoisotopic (exact) mass is 384 g/mol. The van der Waals surface area contributed by atoms with Crippen LogP contribution in [-0.4, -0.2) is 27.5 Å². The molecule has 1 amide bonds. The average molecular weight is 384 g/mol. The molecule has 0 radical (unpaired) electrons. The third-order valence-corrected chi connectivity index (χ3v) is 5.02. The molecule has 0 saturated carbocycles. The predicted octanol–water partition coefficient (Wildman–Crippen LogP) is 3.74. The molecule has 1 N–H and O–H groups in total. The molecule has 4 rings (SSSR count). The number of nitrogens with one attached hydrogen (secondary N) is 1. The van der Waals surface area contributed by atoms with Gasteiger partial charge in [-0.15, -0.1) is 0 Å². The van der Waals surface area contributed by atoms with Crippen molar-refractivity contribution in [2.45, 2.75) is 0 Å². The standard InChI is InChI=1S/C23H20N4O2/c1-4-21(28)27(3)18-7-5-6-15(10-18)17-11-19-20(14-25-23(19)24-13-17)16-8-9-26(2)22(29)12-16/h4-14H,1H2,2-3H3,(H,24,25). The van der Waals surface area contributed by atoms with E-state index in [-0.39, 0.29) is 11.5 Å². The summed E-state index contributed by atoms with van der Waals surface area (Å²) in [7, 11) is 3.44. The van der Waals surface area contributed by atoms with Gasteiger partial charge in [-0.3, -0.25) is 9.59 Å². The van der Waals surface area contributed by atoms with E-state index < -0.39 is 0 Å². The van der Waals surface area contributed by atoms with Crippen molar-refractivity contribution in [3.63, 3.8) is 0 Å². The van der Waals surface area contributed by atoms with Gasteiger partial charge >= 0.3 is 0 Å². The number of carbonyl (C=O) groups is 1. The minimum Gasteiger partial charge on any atom is -0.346 e. The molecule has 29 heavy (non-hydrogen) atoms. The largest absolute Gasteiger partial charge is 0.346 e. The number of carbonyl (C=O) groups excluding carboxylic acids is 1. The van der Waals surface area contributed by atoms with Crippen LogP contribution < -0.4 is 10.5 Å². The smallest absolute Gasteiger partial charge is 0.250 e. The molecule has 1 aromatic carbocycles. The molecule has 0 unspecified atom stereocenters. The highest BCUT2D eigenvalue weighted by molar-refractivity contribution is 6.01. The van der Waals surface area contributed by atoms with Gasteiger partial charge in [-0.25, -0.2) is 4.98 Å². The maximum atomic E-state index is 12.0. The summed E-state index contributed by atoms with van der Waals surface area (Å²) in [5.74, 6) is -0.172. The highest BCUT2D eigenvalue weighted by Crippen LogP contribution is 2.31. The zero-order valence-electron chi connectivity index (χ0n) is 16.2. The second-order valence-electron chi connectivity index (χ2n) is 6.84. The van der Waals surface area contributed by atoms with Crippen LogP contribution in [0, 0.1) is 0 Å². The van der Waals surface area contributed by atoms with Crippen LogP contribution in [0.25, 0.3) is 33.3 Å². The van der Waals surface area contributed by atoms with Gasteiger partial charge in [0.15, 0.2) is 0 Å². The van der Waals surface area contributed by atoms with Gasteiger partial charge in [0.25, 0.3) is 5.56 Å². The Balaban J connectivity index is 1.80. The Bertz CT molecular complexity index is 1300. The minimum absolute atomic E-state index is 0.0661. The zero-order chi connectivity index (χ0) is 20.5. The van der Waals surface area contributed by atoms with Crippen LogP contribution >= 0.6 is 0 Å². The molecular weight excluding hydrogens is 364 g/mol. The number of aromatic amines is 1. The van der Waals surface area contributed by atoms with Crippen LogP contribution in [0.4, 0.5) is 5.69 Å². The van der Waals surface area contributed by atoms with Crippen LogP contribution in [0.2, 0.25) is 0 Å². The Kier molecular flexibility index (Phi) is 4.60. The summed E-state index contributed by atoms with van der Waals surface area (Å²) in [5.41, 5.74) is 5.07. The molecule has 3 aromatic heterocycles. The van der Waals surface area contributed by atoms with Gasteiger partial charge in [0, 0.05) is 61.0 Å². The second kappa shape index (κ2) is 7.24. The molecule has 0 bridgehead atoms. The molecule has 0 spiro atoms. The van der Waals surface area contributed by atoms with E-state index in [1.807, 2.05) is 42.6 Å². The first-order valence-corrected chi connectivity index (χ1v) is 9.12. The fraction of sp³-hybridized carbons (Fsp3) is 0.0870. The van der Waals surface area contributed by atoms with Gasteiger partial charge < -0.3 is 14.5 Å². The number of rotatable bonds is 4. The first-order valence-electron chi connectivity index (χ1n) is 9.12. The normalized spacial score (nSPS) is 10.8. The number of H-pyrrole nitrogens is 1. The van der Waals surface area contributed by atoms with Crippen molar-refractivity contribution in [1.29, 1.82) is 0 Å². The number of hydrogen-bond donors (Lipinski definition) is 1. The summed E-state index contributed by atoms with van der Waals surface area (Å²) < 4.78 is 1.54. The molecule has 4 aromatic rings. The van der Waals surface area contributed by atoms with Gasteiger partial charge in [0.05, 0.1) is 0 Å². The van der Waals surface area contributed by atoms with Gasteiger partial charge in [0.2, 0.25) is 5.91 Å². The highest BCUT2D eigenvalue weighted by atomic mass is 16.2. The summed E-state index contributed by atoms with van der Waals surface area (Å²) in [6.45, 7) is 3.54. The topological polar surface area (TPSA) is 71.0 Å². The van der Waals surface area contributed by atoms with Crippen LogP contribution in [-0.2, 0) is 11.8 Å². The lowest BCUT2D eigenvalue weighted by Crippen LogP contribution is -2.23. The Labute approximate surface area is 167 Å². The van der Waals surface area contributed by atoms with E-state index in [0.717, 1.165) is 39.0 Å². The number of aryl methyl sites for hydroxylation is 1. The lowest BCUT2D eigenvalue weighted by molar-refractivity contribution is -0.113. The third kappa shape index (κ3) is 3.36. The lowest BCUT2D eigenvalue weighted by Gasteiger charge is -2.16. The van der Waals surface area contributed by atoms with E-state index in [2.05, 4.69) is 16.5 Å². The van der Waals surface area contributed by atoms with Crippen molar-refractivity contribution < 1.29 is 4.79 Å². The molecule has 3 heterocycles. The lowest BCUT2D eigenvalue weighted by atomic mass is 10.0. The Morgan fingerprint density at radius 1 is 1.17 bits per heavy atom. The van der Waals surface area contributed by atoms with Crippen molar-refractivity contribution in [3.8, 4) is 22.3 Å². The van der Waals surface area contributed by atoms with E-state index in [4.69, 9.17) is 0 Å². The summed E-state index contributed by atoms with van der Waals surface area (Å²) in [4.78, 5) is 33.2. The maximum absolute atomic E-state index is 12.0. The van der Waals surface area contributed by atoms with Gasteiger partial charge in [0.1, 0.15) is 5.65 Å². The number of nitrogens with zero attached hydrogens (tertiary/aromatic N) is 3. The van der Waals surface area contributed by atoms with E-state index in [1.165, 1.54) is 10.6 Å². The van der Waals surface area contributed by atoms with Crippen LogP contribution in [0.15, 0.2) is 78.5 Å². The summed E-state index contributed by atoms with van der Waals surface area (Å²) in [5, 5.41) is 0.927. The number of pyridine rings is 2. The van der Waals surface area contributed by atoms with Crippen molar-refractivity contribution in [2.24, 2.45) is 7.05 Å². The predicted molar refractivity (Wildman–Crippen MR) is 116 cm³/mol. The third-order valence-electron chi connectivity index (χ3n) is 5.02. The zero-order valence-corrected chi connectivity index (χ0v) is 16.2. The van der Waals surface area contributed by atoms with Crippen LogP contribution in [0.5, 0.6) is 0 Å². The Morgan fingerprint density at radius 2 is 2.00 bits per heavy atom. The molecule has 0 saturated heterocycles. The Morgan fingerprint density at radius 3 is 2.76 bits per heavy atom. The first-order chi connectivity index (χ1) is 14.0. The van der Waals surface area contributed by atoms with E-state index in [1.54, 1.807) is 37.5 Å². The molecule has 6 nitrogen and oxygen atoms in total. The molecule has 144 valence electrons. The number of aromatic nitrogens is 3. The molecule has 0 fully saturated rings. The van der Waals surface area contributed by atoms with Crippen molar-refractivity contribution in [3.05, 3.63) is 84.1 Å². The number of likely N-dealkylation sites (N-methyl/N-ethyl adjacent to an activating group) is 1. The summed E-state index contributed by atoms with van der Waals surface area (Å²) in [6.07, 6.45) is 6.70. The van der Waals surface area contributed by atoms with Gasteiger partial charge in [-0.2, -0.15) is 0 Å². The van der Waals surface area contributed by atoms with Crippen molar-refractivity contribution in [1.82, 2.24) is 14.5 Å². The molecular formula is C23H20N4O2. The number of fused-ring (bicyclic) bond motifs is 1. The quantitative estimate of drug-likeness (QED) is 0.545. The van der Waals surface area contributed by atoms with Crippen LogP contribution in [0.1, 0.15) is 0 Å². The van der Waals surface area contributed by atoms with E-state index in [0.29, 0.717) is 0 Å². The number of amides is 1. The first kappa shape index (κ1) is 18.4.